The molecule has 5 rings (SSSR count). The number of hydrogen-bond donors (Lipinski definition) is 1. The van der Waals surface area contributed by atoms with E-state index in [2.05, 4.69) is 19.8 Å². The molecule has 1 aromatic heterocycles. The molecule has 1 aliphatic heterocycles. The Morgan fingerprint density at radius 2 is 1.54 bits per heavy atom. The van der Waals surface area contributed by atoms with Gasteiger partial charge < -0.3 is 0 Å². The fraction of sp³-hybridized carbons (Fsp3) is 0.125. The number of hydrogen-bond acceptors (Lipinski definition) is 7. The van der Waals surface area contributed by atoms with Crippen LogP contribution in [0.25, 0.3) is 11.0 Å². The number of anilines is 1. The zero-order valence-corrected chi connectivity index (χ0v) is 20.2. The van der Waals surface area contributed by atoms with Gasteiger partial charge in [-0.05, 0) is 35.9 Å². The average molecular weight is 508 g/mol. The van der Waals surface area contributed by atoms with Crippen LogP contribution in [0.5, 0.6) is 0 Å². The predicted molar refractivity (Wildman–Crippen MR) is 134 cm³/mol. The van der Waals surface area contributed by atoms with Crippen LogP contribution in [0.2, 0.25) is 0 Å². The molecule has 9 nitrogen and oxygen atoms in total. The van der Waals surface area contributed by atoms with Crippen molar-refractivity contribution in [2.75, 3.05) is 11.0 Å². The van der Waals surface area contributed by atoms with Gasteiger partial charge in [-0.25, -0.2) is 8.42 Å². The summed E-state index contributed by atoms with van der Waals surface area (Å²) in [7, 11) is -7.56. The lowest BCUT2D eigenvalue weighted by Crippen LogP contribution is -2.27. The van der Waals surface area contributed by atoms with Crippen molar-refractivity contribution in [1.82, 2.24) is 14.4 Å². The first kappa shape index (κ1) is 22.9. The minimum Gasteiger partial charge on any atom is -0.283 e. The number of rotatable bonds is 6. The molecule has 0 radical (unpaired) electrons. The summed E-state index contributed by atoms with van der Waals surface area (Å²) in [5.74, 6) is 0. The average Bonchev–Trinajstić information content (AvgIpc) is 3.30. The molecule has 1 atom stereocenters. The summed E-state index contributed by atoms with van der Waals surface area (Å²) in [5, 5.41) is 4.53. The highest BCUT2D eigenvalue weighted by molar-refractivity contribution is 7.92. The summed E-state index contributed by atoms with van der Waals surface area (Å²) >= 11 is 0. The molecule has 0 bridgehead atoms. The van der Waals surface area contributed by atoms with Crippen LogP contribution in [0.4, 0.5) is 5.69 Å². The minimum absolute atomic E-state index is 0.109. The van der Waals surface area contributed by atoms with Gasteiger partial charge in [-0.15, -0.1) is 0 Å². The van der Waals surface area contributed by atoms with Gasteiger partial charge in [-0.1, -0.05) is 42.5 Å². The van der Waals surface area contributed by atoms with Gasteiger partial charge >= 0.3 is 0 Å². The van der Waals surface area contributed by atoms with Crippen LogP contribution in [0.1, 0.15) is 23.6 Å². The Labute approximate surface area is 203 Å². The summed E-state index contributed by atoms with van der Waals surface area (Å²) in [6.45, 7) is 0. The molecular weight excluding hydrogens is 486 g/mol. The number of nitrogens with zero attached hydrogens (tertiary/aromatic N) is 4. The molecular formula is C24H21N5O4S2. The minimum atomic E-state index is -4.01. The number of aromatic nitrogens is 2. The Hall–Kier alpha value is -3.83. The summed E-state index contributed by atoms with van der Waals surface area (Å²) in [6, 6.07) is 19.6. The molecule has 2 heterocycles. The molecule has 1 aliphatic rings. The molecule has 0 saturated carbocycles. The van der Waals surface area contributed by atoms with Gasteiger partial charge in [0.2, 0.25) is 10.0 Å². The monoisotopic (exact) mass is 507 g/mol. The van der Waals surface area contributed by atoms with Crippen LogP contribution >= 0.6 is 0 Å². The van der Waals surface area contributed by atoms with Gasteiger partial charge in [0.25, 0.3) is 10.0 Å². The first-order valence-corrected chi connectivity index (χ1v) is 14.0. The maximum Gasteiger partial charge on any atom is 0.279 e. The molecule has 4 aromatic rings. The third-order valence-corrected chi connectivity index (χ3v) is 7.86. The van der Waals surface area contributed by atoms with E-state index in [0.717, 1.165) is 10.7 Å². The van der Waals surface area contributed by atoms with Gasteiger partial charge in [0.05, 0.1) is 39.6 Å². The molecule has 0 spiro atoms. The predicted octanol–water partition coefficient (Wildman–Crippen LogP) is 3.54. The number of nitrogens with one attached hydrogen (secondary N) is 1. The largest absolute Gasteiger partial charge is 0.283 e. The Bertz CT molecular complexity index is 1660. The lowest BCUT2D eigenvalue weighted by molar-refractivity contribution is 0.371. The van der Waals surface area contributed by atoms with Crippen molar-refractivity contribution < 1.29 is 16.8 Å². The fourth-order valence-corrected chi connectivity index (χ4v) is 6.06. The molecule has 35 heavy (non-hydrogen) atoms. The number of fused-ring (bicyclic) bond motifs is 1. The zero-order chi connectivity index (χ0) is 24.6. The third kappa shape index (κ3) is 4.60. The van der Waals surface area contributed by atoms with Crippen LogP contribution in [0.15, 0.2) is 95.2 Å². The maximum absolute atomic E-state index is 13.7. The molecule has 3 aromatic carbocycles. The smallest absolute Gasteiger partial charge is 0.279 e. The molecule has 0 saturated heterocycles. The summed E-state index contributed by atoms with van der Waals surface area (Å²) < 4.78 is 54.7. The highest BCUT2D eigenvalue weighted by Crippen LogP contribution is 2.38. The van der Waals surface area contributed by atoms with Gasteiger partial charge in [0.15, 0.2) is 0 Å². The summed E-state index contributed by atoms with van der Waals surface area (Å²) in [4.78, 5) is 8.74. The second-order valence-electron chi connectivity index (χ2n) is 8.08. The molecule has 1 N–H and O–H groups in total. The van der Waals surface area contributed by atoms with Crippen molar-refractivity contribution in [1.29, 1.82) is 0 Å². The molecule has 0 aliphatic carbocycles. The van der Waals surface area contributed by atoms with E-state index < -0.39 is 26.1 Å². The number of hydrazone groups is 1. The van der Waals surface area contributed by atoms with Crippen molar-refractivity contribution >= 4 is 42.5 Å². The quantitative estimate of drug-likeness (QED) is 0.426. The molecule has 0 fully saturated rings. The normalized spacial score (nSPS) is 16.3. The van der Waals surface area contributed by atoms with Crippen molar-refractivity contribution in [2.24, 2.45) is 5.10 Å². The highest BCUT2D eigenvalue weighted by Gasteiger charge is 2.38. The van der Waals surface area contributed by atoms with E-state index in [1.54, 1.807) is 67.0 Å². The number of sulfonamides is 2. The lowest BCUT2D eigenvalue weighted by Gasteiger charge is -2.23. The van der Waals surface area contributed by atoms with Crippen molar-refractivity contribution in [3.8, 4) is 0 Å². The fourth-order valence-electron chi connectivity index (χ4n) is 4.03. The van der Waals surface area contributed by atoms with Crippen molar-refractivity contribution in [2.45, 2.75) is 17.4 Å². The summed E-state index contributed by atoms with van der Waals surface area (Å²) in [5.41, 5.74) is 3.31. The standard InChI is InChI=1S/C24H21N5O4S2/c1-34(30,31)28-20-10-6-5-9-19(20)22-16-24(17-11-12-21-23(15-17)26-14-13-25-21)29(27-22)35(32,33)18-7-3-2-4-8-18/h2-15,24,28H,16H2,1H3/t24-/m0/s1. The Balaban J connectivity index is 1.64. The molecule has 0 unspecified atom stereocenters. The third-order valence-electron chi connectivity index (χ3n) is 5.57. The Kier molecular flexibility index (Phi) is 5.73. The van der Waals surface area contributed by atoms with E-state index in [1.807, 2.05) is 6.07 Å². The van der Waals surface area contributed by atoms with Gasteiger partial charge in [-0.3, -0.25) is 14.7 Å². The summed E-state index contributed by atoms with van der Waals surface area (Å²) in [6.07, 6.45) is 4.47. The maximum atomic E-state index is 13.7. The molecule has 0 amide bonds. The van der Waals surface area contributed by atoms with Crippen LogP contribution in [-0.2, 0) is 20.0 Å². The second kappa shape index (κ2) is 8.75. The molecule has 178 valence electrons. The second-order valence-corrected chi connectivity index (χ2v) is 11.6. The zero-order valence-electron chi connectivity index (χ0n) is 18.6. The SMILES string of the molecule is CS(=O)(=O)Nc1ccccc1C1=NN(S(=O)(=O)c2ccccc2)[C@H](c2ccc3nccnc3c2)C1. The number of benzene rings is 3. The van der Waals surface area contributed by atoms with Crippen LogP contribution in [0.3, 0.4) is 0 Å². The highest BCUT2D eigenvalue weighted by atomic mass is 32.2. The van der Waals surface area contributed by atoms with Gasteiger partial charge in [0.1, 0.15) is 0 Å². The van der Waals surface area contributed by atoms with E-state index in [4.69, 9.17) is 0 Å². The first-order chi connectivity index (χ1) is 16.7. The van der Waals surface area contributed by atoms with Gasteiger partial charge in [-0.2, -0.15) is 17.9 Å². The lowest BCUT2D eigenvalue weighted by atomic mass is 9.98. The van der Waals surface area contributed by atoms with Crippen LogP contribution in [-0.4, -0.2) is 43.2 Å². The van der Waals surface area contributed by atoms with E-state index >= 15 is 0 Å². The number of para-hydroxylation sites is 1. The Morgan fingerprint density at radius 3 is 2.29 bits per heavy atom. The van der Waals surface area contributed by atoms with E-state index in [1.165, 1.54) is 12.1 Å². The van der Waals surface area contributed by atoms with Crippen LogP contribution in [0, 0.1) is 0 Å². The van der Waals surface area contributed by atoms with E-state index in [-0.39, 0.29) is 11.3 Å². The first-order valence-electron chi connectivity index (χ1n) is 10.7. The van der Waals surface area contributed by atoms with E-state index in [9.17, 15) is 16.8 Å². The van der Waals surface area contributed by atoms with E-state index in [0.29, 0.717) is 33.6 Å². The molecule has 11 heteroatoms. The van der Waals surface area contributed by atoms with Crippen molar-refractivity contribution in [3.63, 3.8) is 0 Å². The van der Waals surface area contributed by atoms with Gasteiger partial charge in [0, 0.05) is 24.4 Å². The topological polar surface area (TPSA) is 122 Å². The van der Waals surface area contributed by atoms with Crippen LogP contribution < -0.4 is 4.72 Å². The Morgan fingerprint density at radius 1 is 0.857 bits per heavy atom. The van der Waals surface area contributed by atoms with Crippen molar-refractivity contribution in [3.05, 3.63) is 96.3 Å².